The van der Waals surface area contributed by atoms with Crippen molar-refractivity contribution in [3.63, 3.8) is 0 Å². The van der Waals surface area contributed by atoms with E-state index in [2.05, 4.69) is 31.4 Å². The molecule has 0 radical (unpaired) electrons. The zero-order valence-electron chi connectivity index (χ0n) is 10.4. The van der Waals surface area contributed by atoms with Crippen LogP contribution in [0.1, 0.15) is 24.5 Å². The summed E-state index contributed by atoms with van der Waals surface area (Å²) in [7, 11) is 0. The van der Waals surface area contributed by atoms with Crippen LogP contribution in [0.2, 0.25) is 0 Å². The molecule has 1 fully saturated rings. The van der Waals surface area contributed by atoms with Gasteiger partial charge in [-0.25, -0.2) is 4.39 Å². The normalized spacial score (nSPS) is 16.7. The average molecular weight is 324 g/mol. The molecular weight excluding hydrogens is 309 g/mol. The molecular formula is C14H15BrFN3. The van der Waals surface area contributed by atoms with Gasteiger partial charge in [-0.2, -0.15) is 5.10 Å². The molecule has 0 bridgehead atoms. The molecule has 0 amide bonds. The van der Waals surface area contributed by atoms with Crippen molar-refractivity contribution in [2.24, 2.45) is 0 Å². The Kier molecular flexibility index (Phi) is 3.66. The lowest BCUT2D eigenvalue weighted by atomic mass is 9.94. The second-order valence-corrected chi connectivity index (χ2v) is 5.63. The number of piperidine rings is 1. The van der Waals surface area contributed by atoms with Crippen LogP contribution < -0.4 is 5.32 Å². The fourth-order valence-corrected chi connectivity index (χ4v) is 3.28. The van der Waals surface area contributed by atoms with Crippen molar-refractivity contribution in [1.29, 1.82) is 0 Å². The Morgan fingerprint density at radius 3 is 2.79 bits per heavy atom. The highest BCUT2D eigenvalue weighted by molar-refractivity contribution is 9.10. The molecule has 2 N–H and O–H groups in total. The predicted octanol–water partition coefficient (Wildman–Crippen LogP) is 3.45. The Balaban J connectivity index is 1.94. The number of hydrogen-bond acceptors (Lipinski definition) is 2. The highest BCUT2D eigenvalue weighted by Gasteiger charge is 2.22. The van der Waals surface area contributed by atoms with E-state index in [0.29, 0.717) is 5.92 Å². The summed E-state index contributed by atoms with van der Waals surface area (Å²) in [5, 5.41) is 10.8. The van der Waals surface area contributed by atoms with Gasteiger partial charge in [-0.1, -0.05) is 12.1 Å². The average Bonchev–Trinajstić information content (AvgIpc) is 2.81. The van der Waals surface area contributed by atoms with Crippen LogP contribution in [0, 0.1) is 5.82 Å². The van der Waals surface area contributed by atoms with E-state index in [1.165, 1.54) is 12.1 Å². The molecule has 1 aromatic heterocycles. The molecule has 1 saturated heterocycles. The van der Waals surface area contributed by atoms with Crippen LogP contribution in [0.15, 0.2) is 28.7 Å². The summed E-state index contributed by atoms with van der Waals surface area (Å²) in [4.78, 5) is 0. The number of hydrogen-bond donors (Lipinski definition) is 2. The SMILES string of the molecule is Fc1cccc(-c2n[nH]c(C3CCNCC3)c2Br)c1. The maximum atomic E-state index is 13.3. The van der Waals surface area contributed by atoms with Gasteiger partial charge in [0.2, 0.25) is 0 Å². The Labute approximate surface area is 119 Å². The maximum Gasteiger partial charge on any atom is 0.123 e. The molecule has 3 nitrogen and oxygen atoms in total. The van der Waals surface area contributed by atoms with Crippen LogP contribution in [0.5, 0.6) is 0 Å². The lowest BCUT2D eigenvalue weighted by Crippen LogP contribution is -2.26. The summed E-state index contributed by atoms with van der Waals surface area (Å²) in [5.41, 5.74) is 2.71. The van der Waals surface area contributed by atoms with E-state index in [4.69, 9.17) is 0 Å². The molecule has 19 heavy (non-hydrogen) atoms. The predicted molar refractivity (Wildman–Crippen MR) is 76.5 cm³/mol. The van der Waals surface area contributed by atoms with E-state index in [1.807, 2.05) is 6.07 Å². The van der Waals surface area contributed by atoms with Gasteiger partial charge < -0.3 is 5.32 Å². The first-order chi connectivity index (χ1) is 9.25. The molecule has 1 aromatic carbocycles. The van der Waals surface area contributed by atoms with Crippen molar-refractivity contribution < 1.29 is 4.39 Å². The van der Waals surface area contributed by atoms with Gasteiger partial charge in [0, 0.05) is 11.5 Å². The van der Waals surface area contributed by atoms with Crippen molar-refractivity contribution in [3.8, 4) is 11.3 Å². The van der Waals surface area contributed by atoms with E-state index >= 15 is 0 Å². The summed E-state index contributed by atoms with van der Waals surface area (Å²) < 4.78 is 14.2. The topological polar surface area (TPSA) is 40.7 Å². The van der Waals surface area contributed by atoms with Crippen molar-refractivity contribution >= 4 is 15.9 Å². The Morgan fingerprint density at radius 1 is 1.26 bits per heavy atom. The molecule has 5 heteroatoms. The van der Waals surface area contributed by atoms with Crippen molar-refractivity contribution in [1.82, 2.24) is 15.5 Å². The molecule has 1 aliphatic heterocycles. The van der Waals surface area contributed by atoms with Gasteiger partial charge in [-0.3, -0.25) is 5.10 Å². The number of halogens is 2. The smallest absolute Gasteiger partial charge is 0.123 e. The van der Waals surface area contributed by atoms with Crippen LogP contribution in [-0.4, -0.2) is 23.3 Å². The lowest BCUT2D eigenvalue weighted by molar-refractivity contribution is 0.452. The molecule has 0 spiro atoms. The summed E-state index contributed by atoms with van der Waals surface area (Å²) in [6, 6.07) is 6.52. The van der Waals surface area contributed by atoms with Crippen LogP contribution in [0.25, 0.3) is 11.3 Å². The molecule has 3 rings (SSSR count). The number of aromatic nitrogens is 2. The molecule has 1 aliphatic rings. The van der Waals surface area contributed by atoms with Gasteiger partial charge in [0.25, 0.3) is 0 Å². The number of nitrogens with zero attached hydrogens (tertiary/aromatic N) is 1. The number of benzene rings is 1. The van der Waals surface area contributed by atoms with Crippen LogP contribution >= 0.6 is 15.9 Å². The number of rotatable bonds is 2. The lowest BCUT2D eigenvalue weighted by Gasteiger charge is -2.21. The van der Waals surface area contributed by atoms with Crippen LogP contribution in [-0.2, 0) is 0 Å². The fourth-order valence-electron chi connectivity index (χ4n) is 2.55. The van der Waals surface area contributed by atoms with E-state index in [0.717, 1.165) is 47.4 Å². The molecule has 2 heterocycles. The third kappa shape index (κ3) is 2.58. The Hall–Kier alpha value is -1.20. The molecule has 0 aliphatic carbocycles. The van der Waals surface area contributed by atoms with Gasteiger partial charge >= 0.3 is 0 Å². The van der Waals surface area contributed by atoms with Crippen LogP contribution in [0.3, 0.4) is 0 Å². The van der Waals surface area contributed by atoms with Gasteiger partial charge in [-0.05, 0) is 54.0 Å². The minimum absolute atomic E-state index is 0.240. The quantitative estimate of drug-likeness (QED) is 0.888. The monoisotopic (exact) mass is 323 g/mol. The third-order valence-corrected chi connectivity index (χ3v) is 4.38. The van der Waals surface area contributed by atoms with Gasteiger partial charge in [0.1, 0.15) is 11.5 Å². The first-order valence-corrected chi connectivity index (χ1v) is 7.25. The molecule has 0 saturated carbocycles. The summed E-state index contributed by atoms with van der Waals surface area (Å²) in [5.74, 6) is 0.251. The third-order valence-electron chi connectivity index (χ3n) is 3.58. The Morgan fingerprint density at radius 2 is 2.05 bits per heavy atom. The Bertz CT molecular complexity index is 576. The molecule has 0 atom stereocenters. The van der Waals surface area contributed by atoms with Crippen LogP contribution in [0.4, 0.5) is 4.39 Å². The first-order valence-electron chi connectivity index (χ1n) is 6.46. The highest BCUT2D eigenvalue weighted by atomic mass is 79.9. The number of nitrogens with one attached hydrogen (secondary N) is 2. The second-order valence-electron chi connectivity index (χ2n) is 4.83. The van der Waals surface area contributed by atoms with E-state index < -0.39 is 0 Å². The number of aromatic amines is 1. The standard InChI is InChI=1S/C14H15BrFN3/c15-12-13(9-4-6-17-7-5-9)18-19-14(12)10-2-1-3-11(16)8-10/h1-3,8-9,17H,4-7H2,(H,18,19). The van der Waals surface area contributed by atoms with Crippen molar-refractivity contribution in [2.45, 2.75) is 18.8 Å². The van der Waals surface area contributed by atoms with Gasteiger partial charge in [0.15, 0.2) is 0 Å². The van der Waals surface area contributed by atoms with Gasteiger partial charge in [0.05, 0.1) is 10.2 Å². The largest absolute Gasteiger partial charge is 0.317 e. The minimum Gasteiger partial charge on any atom is -0.317 e. The number of H-pyrrole nitrogens is 1. The molecule has 0 unspecified atom stereocenters. The van der Waals surface area contributed by atoms with Crippen molar-refractivity contribution in [2.75, 3.05) is 13.1 Å². The highest BCUT2D eigenvalue weighted by Crippen LogP contribution is 2.35. The van der Waals surface area contributed by atoms with E-state index in [-0.39, 0.29) is 5.82 Å². The molecule has 100 valence electrons. The van der Waals surface area contributed by atoms with Crippen molar-refractivity contribution in [3.05, 3.63) is 40.2 Å². The zero-order valence-corrected chi connectivity index (χ0v) is 12.0. The maximum absolute atomic E-state index is 13.3. The summed E-state index contributed by atoms with van der Waals surface area (Å²) >= 11 is 3.61. The van der Waals surface area contributed by atoms with E-state index in [9.17, 15) is 4.39 Å². The molecule has 2 aromatic rings. The first kappa shape index (κ1) is 12.8. The van der Waals surface area contributed by atoms with E-state index in [1.54, 1.807) is 6.07 Å². The fraction of sp³-hybridized carbons (Fsp3) is 0.357. The summed E-state index contributed by atoms with van der Waals surface area (Å²) in [6.45, 7) is 2.07. The van der Waals surface area contributed by atoms with Gasteiger partial charge in [-0.15, -0.1) is 0 Å². The zero-order chi connectivity index (χ0) is 13.2. The second kappa shape index (κ2) is 5.43. The summed E-state index contributed by atoms with van der Waals surface area (Å²) in [6.07, 6.45) is 2.20. The minimum atomic E-state index is -0.240.